The van der Waals surface area contributed by atoms with Crippen molar-refractivity contribution in [3.05, 3.63) is 65.2 Å². The molecule has 0 radical (unpaired) electrons. The van der Waals surface area contributed by atoms with E-state index in [1.165, 1.54) is 6.26 Å². The minimum absolute atomic E-state index is 0.312. The Labute approximate surface area is 110 Å². The molecule has 94 valence electrons. The van der Waals surface area contributed by atoms with E-state index in [9.17, 15) is 4.79 Å². The zero-order valence-corrected chi connectivity index (χ0v) is 10.4. The maximum atomic E-state index is 11.7. The SMILES string of the molecule is COc1ccc(-c2coc(=O)c3ccccc23)cc1. The summed E-state index contributed by atoms with van der Waals surface area (Å²) in [5.41, 5.74) is 1.58. The van der Waals surface area contributed by atoms with Crippen LogP contribution in [0.5, 0.6) is 5.75 Å². The summed E-state index contributed by atoms with van der Waals surface area (Å²) in [5, 5.41) is 1.49. The molecule has 0 saturated heterocycles. The highest BCUT2D eigenvalue weighted by Crippen LogP contribution is 2.28. The van der Waals surface area contributed by atoms with E-state index in [4.69, 9.17) is 9.15 Å². The first-order valence-corrected chi connectivity index (χ1v) is 5.94. The summed E-state index contributed by atoms with van der Waals surface area (Å²) < 4.78 is 10.2. The zero-order chi connectivity index (χ0) is 13.2. The topological polar surface area (TPSA) is 39.4 Å². The maximum absolute atomic E-state index is 11.7. The number of hydrogen-bond donors (Lipinski definition) is 0. The molecule has 3 nitrogen and oxygen atoms in total. The molecule has 0 aliphatic rings. The highest BCUT2D eigenvalue weighted by Gasteiger charge is 2.07. The molecule has 2 aromatic carbocycles. The number of methoxy groups -OCH3 is 1. The number of ether oxygens (including phenoxy) is 1. The lowest BCUT2D eigenvalue weighted by molar-refractivity contribution is 0.415. The molecule has 3 heteroatoms. The molecule has 0 fully saturated rings. The molecule has 0 bridgehead atoms. The van der Waals surface area contributed by atoms with E-state index in [1.807, 2.05) is 42.5 Å². The van der Waals surface area contributed by atoms with Crippen molar-refractivity contribution in [3.63, 3.8) is 0 Å². The summed E-state index contributed by atoms with van der Waals surface area (Å²) in [6.45, 7) is 0. The van der Waals surface area contributed by atoms with Crippen LogP contribution in [-0.2, 0) is 0 Å². The van der Waals surface area contributed by atoms with Gasteiger partial charge in [-0.05, 0) is 29.1 Å². The second-order valence-corrected chi connectivity index (χ2v) is 4.21. The molecule has 19 heavy (non-hydrogen) atoms. The van der Waals surface area contributed by atoms with Crippen LogP contribution in [0.3, 0.4) is 0 Å². The van der Waals surface area contributed by atoms with Gasteiger partial charge in [-0.25, -0.2) is 4.79 Å². The van der Waals surface area contributed by atoms with Crippen LogP contribution < -0.4 is 10.4 Å². The Balaban J connectivity index is 2.24. The van der Waals surface area contributed by atoms with Crippen molar-refractivity contribution >= 4 is 10.8 Å². The Morgan fingerprint density at radius 3 is 2.32 bits per heavy atom. The van der Waals surface area contributed by atoms with Crippen LogP contribution in [0.1, 0.15) is 0 Å². The van der Waals surface area contributed by atoms with E-state index in [0.717, 1.165) is 22.3 Å². The smallest absolute Gasteiger partial charge is 0.343 e. The molecular weight excluding hydrogens is 240 g/mol. The third kappa shape index (κ3) is 1.99. The minimum Gasteiger partial charge on any atom is -0.497 e. The quantitative estimate of drug-likeness (QED) is 0.701. The average Bonchev–Trinajstić information content (AvgIpc) is 2.48. The normalized spacial score (nSPS) is 10.6. The lowest BCUT2D eigenvalue weighted by Crippen LogP contribution is -1.99. The van der Waals surface area contributed by atoms with Crippen molar-refractivity contribution in [2.75, 3.05) is 7.11 Å². The molecule has 3 rings (SSSR count). The molecule has 1 heterocycles. The Kier molecular flexibility index (Phi) is 2.80. The number of hydrogen-bond acceptors (Lipinski definition) is 3. The predicted molar refractivity (Wildman–Crippen MR) is 74.5 cm³/mol. The molecule has 0 N–H and O–H groups in total. The van der Waals surface area contributed by atoms with Crippen molar-refractivity contribution in [2.24, 2.45) is 0 Å². The van der Waals surface area contributed by atoms with Gasteiger partial charge in [0.15, 0.2) is 0 Å². The summed E-state index contributed by atoms with van der Waals surface area (Å²) in [5.74, 6) is 0.797. The molecule has 0 amide bonds. The molecule has 0 atom stereocenters. The summed E-state index contributed by atoms with van der Waals surface area (Å²) in [7, 11) is 1.63. The highest BCUT2D eigenvalue weighted by atomic mass is 16.5. The molecular formula is C16H12O3. The Bertz CT molecular complexity index is 770. The van der Waals surface area contributed by atoms with Crippen LogP contribution >= 0.6 is 0 Å². The van der Waals surface area contributed by atoms with Gasteiger partial charge in [-0.2, -0.15) is 0 Å². The van der Waals surface area contributed by atoms with Crippen molar-refractivity contribution < 1.29 is 9.15 Å². The molecule has 0 aliphatic carbocycles. The standard InChI is InChI=1S/C16H12O3/c1-18-12-8-6-11(7-9-12)15-10-19-16(17)14-5-3-2-4-13(14)15/h2-10H,1H3. The van der Waals surface area contributed by atoms with Crippen molar-refractivity contribution in [1.82, 2.24) is 0 Å². The summed E-state index contributed by atoms with van der Waals surface area (Å²) >= 11 is 0. The number of benzene rings is 2. The Hall–Kier alpha value is -2.55. The number of rotatable bonds is 2. The molecule has 0 unspecified atom stereocenters. The minimum atomic E-state index is -0.312. The van der Waals surface area contributed by atoms with E-state index in [1.54, 1.807) is 13.2 Å². The van der Waals surface area contributed by atoms with Crippen LogP contribution in [0, 0.1) is 0 Å². The third-order valence-corrected chi connectivity index (χ3v) is 3.12. The van der Waals surface area contributed by atoms with E-state index in [-0.39, 0.29) is 5.63 Å². The lowest BCUT2D eigenvalue weighted by Gasteiger charge is -2.06. The van der Waals surface area contributed by atoms with Gasteiger partial charge in [0.2, 0.25) is 0 Å². The van der Waals surface area contributed by atoms with Gasteiger partial charge in [0, 0.05) is 5.56 Å². The highest BCUT2D eigenvalue weighted by molar-refractivity contribution is 5.95. The fraction of sp³-hybridized carbons (Fsp3) is 0.0625. The average molecular weight is 252 g/mol. The van der Waals surface area contributed by atoms with Gasteiger partial charge in [0.05, 0.1) is 12.5 Å². The van der Waals surface area contributed by atoms with E-state index in [2.05, 4.69) is 0 Å². The predicted octanol–water partition coefficient (Wildman–Crippen LogP) is 3.47. The second-order valence-electron chi connectivity index (χ2n) is 4.21. The molecule has 0 aliphatic heterocycles. The van der Waals surface area contributed by atoms with Gasteiger partial charge in [-0.15, -0.1) is 0 Å². The van der Waals surface area contributed by atoms with Gasteiger partial charge >= 0.3 is 5.63 Å². The second kappa shape index (κ2) is 4.61. The summed E-state index contributed by atoms with van der Waals surface area (Å²) in [4.78, 5) is 11.7. The van der Waals surface area contributed by atoms with Crippen LogP contribution in [0.2, 0.25) is 0 Å². The first-order chi connectivity index (χ1) is 9.29. The Morgan fingerprint density at radius 2 is 1.63 bits per heavy atom. The molecule has 3 aromatic rings. The fourth-order valence-corrected chi connectivity index (χ4v) is 2.13. The summed E-state index contributed by atoms with van der Waals surface area (Å²) in [6.07, 6.45) is 1.51. The first-order valence-electron chi connectivity index (χ1n) is 5.94. The monoisotopic (exact) mass is 252 g/mol. The Morgan fingerprint density at radius 1 is 0.947 bits per heavy atom. The molecule has 0 spiro atoms. The van der Waals surface area contributed by atoms with Gasteiger partial charge < -0.3 is 9.15 Å². The van der Waals surface area contributed by atoms with Crippen LogP contribution in [0.15, 0.2) is 64.0 Å². The molecule has 0 saturated carbocycles. The van der Waals surface area contributed by atoms with Crippen LogP contribution in [0.4, 0.5) is 0 Å². The van der Waals surface area contributed by atoms with Crippen molar-refractivity contribution in [3.8, 4) is 16.9 Å². The largest absolute Gasteiger partial charge is 0.497 e. The van der Waals surface area contributed by atoms with Gasteiger partial charge in [-0.1, -0.05) is 30.3 Å². The molecule has 1 aromatic heterocycles. The van der Waals surface area contributed by atoms with Crippen molar-refractivity contribution in [1.29, 1.82) is 0 Å². The van der Waals surface area contributed by atoms with Gasteiger partial charge in [0.1, 0.15) is 12.0 Å². The van der Waals surface area contributed by atoms with Gasteiger partial charge in [-0.3, -0.25) is 0 Å². The van der Waals surface area contributed by atoms with Gasteiger partial charge in [0.25, 0.3) is 0 Å². The van der Waals surface area contributed by atoms with E-state index in [0.29, 0.717) is 5.39 Å². The van der Waals surface area contributed by atoms with E-state index < -0.39 is 0 Å². The van der Waals surface area contributed by atoms with Crippen LogP contribution in [0.25, 0.3) is 21.9 Å². The van der Waals surface area contributed by atoms with Crippen molar-refractivity contribution in [2.45, 2.75) is 0 Å². The first kappa shape index (κ1) is 11.5. The van der Waals surface area contributed by atoms with Crippen LogP contribution in [-0.4, -0.2) is 7.11 Å². The zero-order valence-electron chi connectivity index (χ0n) is 10.4. The third-order valence-electron chi connectivity index (χ3n) is 3.12. The number of fused-ring (bicyclic) bond motifs is 1. The summed E-state index contributed by atoms with van der Waals surface area (Å²) in [6, 6.07) is 15.1. The maximum Gasteiger partial charge on any atom is 0.343 e. The lowest BCUT2D eigenvalue weighted by atomic mass is 10.0. The fourth-order valence-electron chi connectivity index (χ4n) is 2.13. The van der Waals surface area contributed by atoms with E-state index >= 15 is 0 Å².